The topological polar surface area (TPSA) is 15.3 Å². The molecular weight excluding hydrogens is 191 g/mol. The molecule has 0 aromatic heterocycles. The first-order valence-corrected chi connectivity index (χ1v) is 5.47. The zero-order valence-corrected chi connectivity index (χ0v) is 9.04. The maximum atomic E-state index is 13.5. The van der Waals surface area contributed by atoms with Crippen molar-refractivity contribution in [1.82, 2.24) is 5.32 Å². The molecule has 2 rings (SSSR count). The number of rotatable bonds is 2. The van der Waals surface area contributed by atoms with Gasteiger partial charge in [-0.15, -0.1) is 0 Å². The quantitative estimate of drug-likeness (QED) is 0.800. The van der Waals surface area contributed by atoms with E-state index in [4.69, 9.17) is 0 Å². The normalized spacial score (nSPS) is 21.3. The van der Waals surface area contributed by atoms with Gasteiger partial charge in [0.05, 0.1) is 5.69 Å². The number of hydrogen-bond acceptors (Lipinski definition) is 2. The molecule has 1 aliphatic rings. The number of likely N-dealkylation sites (N-methyl/N-ethyl adjacent to an activating group) is 1. The molecular formula is C12H17FN2. The third-order valence-corrected chi connectivity index (χ3v) is 3.05. The SMILES string of the molecule is CN(c1ccccc1F)C1CCCNC1. The summed E-state index contributed by atoms with van der Waals surface area (Å²) in [6.45, 7) is 2.03. The number of anilines is 1. The molecule has 1 aromatic rings. The van der Waals surface area contributed by atoms with Crippen molar-refractivity contribution in [2.24, 2.45) is 0 Å². The van der Waals surface area contributed by atoms with Crippen LogP contribution in [-0.2, 0) is 0 Å². The summed E-state index contributed by atoms with van der Waals surface area (Å²) in [6, 6.07) is 7.37. The second-order valence-electron chi connectivity index (χ2n) is 4.06. The van der Waals surface area contributed by atoms with Gasteiger partial charge in [0, 0.05) is 19.6 Å². The second kappa shape index (κ2) is 4.62. The van der Waals surface area contributed by atoms with Gasteiger partial charge >= 0.3 is 0 Å². The average molecular weight is 208 g/mol. The number of piperidine rings is 1. The highest BCUT2D eigenvalue weighted by atomic mass is 19.1. The van der Waals surface area contributed by atoms with E-state index in [0.29, 0.717) is 11.7 Å². The molecule has 0 aliphatic carbocycles. The van der Waals surface area contributed by atoms with Gasteiger partial charge in [-0.3, -0.25) is 0 Å². The number of nitrogens with one attached hydrogen (secondary N) is 1. The first kappa shape index (κ1) is 10.4. The Morgan fingerprint density at radius 3 is 2.87 bits per heavy atom. The summed E-state index contributed by atoms with van der Waals surface area (Å²) < 4.78 is 13.5. The van der Waals surface area contributed by atoms with Gasteiger partial charge in [0.1, 0.15) is 5.82 Å². The van der Waals surface area contributed by atoms with Gasteiger partial charge in [-0.25, -0.2) is 4.39 Å². The molecule has 0 spiro atoms. The van der Waals surface area contributed by atoms with Crippen molar-refractivity contribution >= 4 is 5.69 Å². The van der Waals surface area contributed by atoms with Crippen molar-refractivity contribution < 1.29 is 4.39 Å². The van der Waals surface area contributed by atoms with Crippen LogP contribution in [-0.4, -0.2) is 26.2 Å². The lowest BCUT2D eigenvalue weighted by atomic mass is 10.1. The fourth-order valence-electron chi connectivity index (χ4n) is 2.10. The van der Waals surface area contributed by atoms with Crippen LogP contribution in [0.1, 0.15) is 12.8 Å². The van der Waals surface area contributed by atoms with E-state index in [1.54, 1.807) is 6.07 Å². The summed E-state index contributed by atoms with van der Waals surface area (Å²) in [5.74, 6) is -0.134. The molecule has 0 saturated carbocycles. The highest BCUT2D eigenvalue weighted by Gasteiger charge is 2.19. The monoisotopic (exact) mass is 208 g/mol. The molecule has 2 nitrogen and oxygen atoms in total. The lowest BCUT2D eigenvalue weighted by Crippen LogP contribution is -2.44. The van der Waals surface area contributed by atoms with E-state index >= 15 is 0 Å². The lowest BCUT2D eigenvalue weighted by Gasteiger charge is -2.33. The zero-order chi connectivity index (χ0) is 10.7. The van der Waals surface area contributed by atoms with E-state index < -0.39 is 0 Å². The van der Waals surface area contributed by atoms with Crippen molar-refractivity contribution in [2.75, 3.05) is 25.0 Å². The molecule has 0 amide bonds. The van der Waals surface area contributed by atoms with Crippen LogP contribution in [0.15, 0.2) is 24.3 Å². The third kappa shape index (κ3) is 2.29. The molecule has 1 unspecified atom stereocenters. The molecule has 1 atom stereocenters. The Balaban J connectivity index is 2.12. The predicted octanol–water partition coefficient (Wildman–Crippen LogP) is 2.01. The number of nitrogens with zero attached hydrogens (tertiary/aromatic N) is 1. The Morgan fingerprint density at radius 1 is 1.40 bits per heavy atom. The Morgan fingerprint density at radius 2 is 2.20 bits per heavy atom. The third-order valence-electron chi connectivity index (χ3n) is 3.05. The highest BCUT2D eigenvalue weighted by Crippen LogP contribution is 2.21. The van der Waals surface area contributed by atoms with Gasteiger partial charge in [-0.05, 0) is 31.5 Å². The van der Waals surface area contributed by atoms with Crippen LogP contribution in [0.3, 0.4) is 0 Å². The summed E-state index contributed by atoms with van der Waals surface area (Å²) >= 11 is 0. The minimum Gasteiger partial charge on any atom is -0.368 e. The summed E-state index contributed by atoms with van der Waals surface area (Å²) in [4.78, 5) is 2.04. The molecule has 1 aromatic carbocycles. The smallest absolute Gasteiger partial charge is 0.146 e. The van der Waals surface area contributed by atoms with E-state index in [1.807, 2.05) is 24.1 Å². The Bertz CT molecular complexity index is 321. The summed E-state index contributed by atoms with van der Waals surface area (Å²) in [7, 11) is 1.97. The van der Waals surface area contributed by atoms with Gasteiger partial charge in [0.2, 0.25) is 0 Å². The van der Waals surface area contributed by atoms with Crippen molar-refractivity contribution in [3.63, 3.8) is 0 Å². The second-order valence-corrected chi connectivity index (χ2v) is 4.06. The zero-order valence-electron chi connectivity index (χ0n) is 9.04. The van der Waals surface area contributed by atoms with E-state index in [2.05, 4.69) is 5.32 Å². The van der Waals surface area contributed by atoms with E-state index in [-0.39, 0.29) is 5.82 Å². The van der Waals surface area contributed by atoms with Gasteiger partial charge in [-0.1, -0.05) is 12.1 Å². The average Bonchev–Trinajstić information content (AvgIpc) is 2.30. The fourth-order valence-corrected chi connectivity index (χ4v) is 2.10. The van der Waals surface area contributed by atoms with E-state index in [9.17, 15) is 4.39 Å². The Labute approximate surface area is 90.1 Å². The molecule has 15 heavy (non-hydrogen) atoms. The van der Waals surface area contributed by atoms with Crippen molar-refractivity contribution in [3.8, 4) is 0 Å². The highest BCUT2D eigenvalue weighted by molar-refractivity contribution is 5.47. The molecule has 1 saturated heterocycles. The van der Waals surface area contributed by atoms with Crippen LogP contribution < -0.4 is 10.2 Å². The minimum absolute atomic E-state index is 0.134. The Hall–Kier alpha value is -1.09. The largest absolute Gasteiger partial charge is 0.368 e. The summed E-state index contributed by atoms with van der Waals surface area (Å²) in [5.41, 5.74) is 0.700. The van der Waals surface area contributed by atoms with Crippen molar-refractivity contribution in [1.29, 1.82) is 0 Å². The first-order chi connectivity index (χ1) is 7.29. The van der Waals surface area contributed by atoms with E-state index in [0.717, 1.165) is 19.5 Å². The van der Waals surface area contributed by atoms with Crippen LogP contribution in [0.2, 0.25) is 0 Å². The Kier molecular flexibility index (Phi) is 3.21. The van der Waals surface area contributed by atoms with Gasteiger partial charge in [0.25, 0.3) is 0 Å². The van der Waals surface area contributed by atoms with Crippen molar-refractivity contribution in [2.45, 2.75) is 18.9 Å². The van der Waals surface area contributed by atoms with Crippen LogP contribution in [0.4, 0.5) is 10.1 Å². The molecule has 1 aliphatic heterocycles. The summed E-state index contributed by atoms with van der Waals surface area (Å²) in [6.07, 6.45) is 2.31. The number of hydrogen-bond donors (Lipinski definition) is 1. The van der Waals surface area contributed by atoms with Crippen LogP contribution in [0, 0.1) is 5.82 Å². The molecule has 0 bridgehead atoms. The van der Waals surface area contributed by atoms with Gasteiger partial charge < -0.3 is 10.2 Å². The molecule has 3 heteroatoms. The number of benzene rings is 1. The fraction of sp³-hybridized carbons (Fsp3) is 0.500. The minimum atomic E-state index is -0.134. The standard InChI is InChI=1S/C12H17FN2/c1-15(10-5-4-8-14-9-10)12-7-3-2-6-11(12)13/h2-3,6-7,10,14H,4-5,8-9H2,1H3. The molecule has 0 radical (unpaired) electrons. The predicted molar refractivity (Wildman–Crippen MR) is 60.7 cm³/mol. The van der Waals surface area contributed by atoms with Crippen molar-refractivity contribution in [3.05, 3.63) is 30.1 Å². The maximum Gasteiger partial charge on any atom is 0.146 e. The first-order valence-electron chi connectivity index (χ1n) is 5.47. The maximum absolute atomic E-state index is 13.5. The van der Waals surface area contributed by atoms with Gasteiger partial charge in [0.15, 0.2) is 0 Å². The lowest BCUT2D eigenvalue weighted by molar-refractivity contribution is 0.441. The number of para-hydroxylation sites is 1. The summed E-state index contributed by atoms with van der Waals surface area (Å²) in [5, 5.41) is 3.34. The van der Waals surface area contributed by atoms with E-state index in [1.165, 1.54) is 12.5 Å². The van der Waals surface area contributed by atoms with Crippen LogP contribution in [0.25, 0.3) is 0 Å². The number of halogens is 1. The van der Waals surface area contributed by atoms with Crippen LogP contribution >= 0.6 is 0 Å². The molecule has 1 heterocycles. The van der Waals surface area contributed by atoms with Gasteiger partial charge in [-0.2, -0.15) is 0 Å². The molecule has 1 fully saturated rings. The van der Waals surface area contributed by atoms with Crippen LogP contribution in [0.5, 0.6) is 0 Å². The molecule has 1 N–H and O–H groups in total. The molecule has 82 valence electrons.